The van der Waals surface area contributed by atoms with E-state index < -0.39 is 6.03 Å². The molecule has 36 heavy (non-hydrogen) atoms. The second-order valence-corrected chi connectivity index (χ2v) is 8.87. The van der Waals surface area contributed by atoms with E-state index >= 15 is 0 Å². The summed E-state index contributed by atoms with van der Waals surface area (Å²) in [5.41, 5.74) is 2.66. The fourth-order valence-corrected chi connectivity index (χ4v) is 3.72. The highest BCUT2D eigenvalue weighted by atomic mass is 16.5. The highest BCUT2D eigenvalue weighted by Gasteiger charge is 2.13. The summed E-state index contributed by atoms with van der Waals surface area (Å²) in [6.45, 7) is 11.4. The average Bonchev–Trinajstić information content (AvgIpc) is 3.25. The molecule has 0 spiro atoms. The normalized spacial score (nSPS) is 16.2. The maximum absolute atomic E-state index is 12.6. The topological polar surface area (TPSA) is 82.7 Å². The number of hydrogen-bond donors (Lipinski definition) is 3. The van der Waals surface area contributed by atoms with Crippen LogP contribution in [0.3, 0.4) is 0 Å². The smallest absolute Gasteiger partial charge is 0.323 e. The molecule has 1 heterocycles. The first-order valence-corrected chi connectivity index (χ1v) is 12.3. The molecule has 190 valence electrons. The van der Waals surface area contributed by atoms with Gasteiger partial charge in [-0.3, -0.25) is 4.79 Å². The third-order valence-electron chi connectivity index (χ3n) is 5.83. The van der Waals surface area contributed by atoms with Gasteiger partial charge >= 0.3 is 6.03 Å². The van der Waals surface area contributed by atoms with Crippen LogP contribution in [0.4, 0.5) is 4.79 Å². The molecule has 3 rings (SSSR count). The molecule has 7 nitrogen and oxygen atoms in total. The monoisotopic (exact) mass is 488 g/mol. The minimum Gasteiger partial charge on any atom is -0.455 e. The van der Waals surface area contributed by atoms with Gasteiger partial charge in [-0.25, -0.2) is 4.79 Å². The van der Waals surface area contributed by atoms with E-state index in [1.165, 1.54) is 12.8 Å². The highest BCUT2D eigenvalue weighted by molar-refractivity contribution is 5.93. The van der Waals surface area contributed by atoms with Gasteiger partial charge in [-0.2, -0.15) is 0 Å². The second-order valence-electron chi connectivity index (χ2n) is 8.87. The van der Waals surface area contributed by atoms with Gasteiger partial charge < -0.3 is 25.6 Å². The van der Waals surface area contributed by atoms with E-state index in [-0.39, 0.29) is 11.6 Å². The summed E-state index contributed by atoms with van der Waals surface area (Å²) in [6.07, 6.45) is 15.9. The number of carbonyl (C=O) groups excluding carboxylic acids is 2. The fraction of sp³-hybridized carbons (Fsp3) is 0.310. The Hall–Kier alpha value is -3.84. The summed E-state index contributed by atoms with van der Waals surface area (Å²) >= 11 is 0. The lowest BCUT2D eigenvalue weighted by atomic mass is 10.2. The van der Waals surface area contributed by atoms with Crippen LogP contribution < -0.4 is 20.7 Å². The fourth-order valence-electron chi connectivity index (χ4n) is 3.72. The zero-order valence-corrected chi connectivity index (χ0v) is 21.2. The predicted octanol–water partition coefficient (Wildman–Crippen LogP) is 4.63. The van der Waals surface area contributed by atoms with Crippen molar-refractivity contribution in [3.63, 3.8) is 0 Å². The number of allylic oxidation sites excluding steroid dienone is 7. The molecule has 0 unspecified atom stereocenters. The molecule has 0 saturated carbocycles. The van der Waals surface area contributed by atoms with Crippen LogP contribution in [0.2, 0.25) is 0 Å². The molecule has 0 aromatic heterocycles. The Morgan fingerprint density at radius 3 is 2.58 bits per heavy atom. The van der Waals surface area contributed by atoms with Crippen LogP contribution in [0.25, 0.3) is 0 Å². The number of nitrogens with zero attached hydrogens (tertiary/aromatic N) is 1. The first kappa shape index (κ1) is 26.8. The van der Waals surface area contributed by atoms with Crippen molar-refractivity contribution in [3.05, 3.63) is 102 Å². The van der Waals surface area contributed by atoms with E-state index in [1.54, 1.807) is 19.1 Å². The van der Waals surface area contributed by atoms with E-state index in [9.17, 15) is 9.59 Å². The largest absolute Gasteiger partial charge is 0.455 e. The van der Waals surface area contributed by atoms with Crippen molar-refractivity contribution in [2.24, 2.45) is 0 Å². The van der Waals surface area contributed by atoms with E-state index in [0.29, 0.717) is 30.0 Å². The molecular weight excluding hydrogens is 452 g/mol. The van der Waals surface area contributed by atoms with Gasteiger partial charge in [-0.1, -0.05) is 54.7 Å². The minimum atomic E-state index is -0.422. The quantitative estimate of drug-likeness (QED) is 0.255. The molecule has 0 atom stereocenters. The molecule has 1 fully saturated rings. The minimum absolute atomic E-state index is 0.141. The van der Waals surface area contributed by atoms with Crippen molar-refractivity contribution in [2.45, 2.75) is 33.1 Å². The molecular formula is C29H36N4O3. The molecule has 1 aliphatic heterocycles. The average molecular weight is 489 g/mol. The highest BCUT2D eigenvalue weighted by Crippen LogP contribution is 2.18. The predicted molar refractivity (Wildman–Crippen MR) is 144 cm³/mol. The van der Waals surface area contributed by atoms with Crippen molar-refractivity contribution < 1.29 is 14.3 Å². The van der Waals surface area contributed by atoms with Gasteiger partial charge in [0, 0.05) is 30.8 Å². The van der Waals surface area contributed by atoms with Gasteiger partial charge in [0.2, 0.25) is 5.91 Å². The molecule has 0 bridgehead atoms. The van der Waals surface area contributed by atoms with Crippen molar-refractivity contribution >= 4 is 11.9 Å². The lowest BCUT2D eigenvalue weighted by Crippen LogP contribution is -2.35. The van der Waals surface area contributed by atoms with Gasteiger partial charge in [0.05, 0.1) is 5.70 Å². The Kier molecular flexibility index (Phi) is 10.3. The summed E-state index contributed by atoms with van der Waals surface area (Å²) in [4.78, 5) is 27.5. The molecule has 3 N–H and O–H groups in total. The SMILES string of the molecule is C=C(NC(=O)NC1=CC=CC=CC1)/C(=C\C=C(/C)C(=O)NCCN1CCCC1)Oc1ccc(C)cc1. The van der Waals surface area contributed by atoms with Crippen LogP contribution in [0, 0.1) is 6.92 Å². The number of rotatable bonds is 10. The lowest BCUT2D eigenvalue weighted by Gasteiger charge is -2.15. The molecule has 2 aliphatic rings. The lowest BCUT2D eigenvalue weighted by molar-refractivity contribution is -0.117. The number of hydrogen-bond acceptors (Lipinski definition) is 4. The third kappa shape index (κ3) is 9.07. The van der Waals surface area contributed by atoms with E-state index in [1.807, 2.05) is 61.6 Å². The first-order valence-electron chi connectivity index (χ1n) is 12.3. The summed E-state index contributed by atoms with van der Waals surface area (Å²) in [5, 5.41) is 8.53. The molecule has 0 radical (unpaired) electrons. The number of likely N-dealkylation sites (tertiary alicyclic amines) is 1. The van der Waals surface area contributed by atoms with Crippen molar-refractivity contribution in [3.8, 4) is 5.75 Å². The molecule has 1 aromatic carbocycles. The summed E-state index contributed by atoms with van der Waals surface area (Å²) in [7, 11) is 0. The standard InChI is InChI=1S/C29H36N4O3/c1-22-12-15-26(16-13-22)36-27(24(3)31-29(35)32-25-10-6-4-5-7-11-25)17-14-23(2)28(34)30-18-21-33-19-8-9-20-33/h4-7,10,12-17H,3,8-9,11,18-21H2,1-2H3,(H,30,34)(H2,31,32,35)/b23-14+,27-17+. The van der Waals surface area contributed by atoms with Crippen LogP contribution in [0.15, 0.2) is 96.1 Å². The number of carbonyl (C=O) groups is 2. The molecule has 7 heteroatoms. The van der Waals surface area contributed by atoms with Crippen LogP contribution in [-0.4, -0.2) is 43.0 Å². The molecule has 1 saturated heterocycles. The zero-order valence-electron chi connectivity index (χ0n) is 21.2. The van der Waals surface area contributed by atoms with Crippen molar-refractivity contribution in [1.82, 2.24) is 20.9 Å². The maximum Gasteiger partial charge on any atom is 0.323 e. The van der Waals surface area contributed by atoms with Gasteiger partial charge in [0.1, 0.15) is 11.5 Å². The van der Waals surface area contributed by atoms with E-state index in [4.69, 9.17) is 4.74 Å². The van der Waals surface area contributed by atoms with Crippen LogP contribution in [-0.2, 0) is 4.79 Å². The number of urea groups is 1. The van der Waals surface area contributed by atoms with Gasteiger partial charge in [0.15, 0.2) is 0 Å². The van der Waals surface area contributed by atoms with Crippen LogP contribution >= 0.6 is 0 Å². The van der Waals surface area contributed by atoms with Crippen LogP contribution in [0.5, 0.6) is 5.75 Å². The van der Waals surface area contributed by atoms with Crippen molar-refractivity contribution in [1.29, 1.82) is 0 Å². The molecule has 3 amide bonds. The van der Waals surface area contributed by atoms with Gasteiger partial charge in [-0.05, 0) is 64.1 Å². The number of amides is 3. The number of aryl methyl sites for hydroxylation is 1. The Morgan fingerprint density at radius 1 is 1.08 bits per heavy atom. The number of ether oxygens (including phenoxy) is 1. The van der Waals surface area contributed by atoms with Gasteiger partial charge in [-0.15, -0.1) is 0 Å². The molecule has 1 aromatic rings. The zero-order chi connectivity index (χ0) is 25.8. The van der Waals surface area contributed by atoms with Gasteiger partial charge in [0.25, 0.3) is 0 Å². The third-order valence-corrected chi connectivity index (χ3v) is 5.83. The van der Waals surface area contributed by atoms with E-state index in [2.05, 4.69) is 27.4 Å². The summed E-state index contributed by atoms with van der Waals surface area (Å²) in [5.74, 6) is 0.781. The first-order chi connectivity index (χ1) is 17.4. The molecule has 1 aliphatic carbocycles. The van der Waals surface area contributed by atoms with Crippen molar-refractivity contribution in [2.75, 3.05) is 26.2 Å². The Bertz CT molecular complexity index is 1090. The van der Waals surface area contributed by atoms with Crippen LogP contribution in [0.1, 0.15) is 31.7 Å². The number of nitrogens with one attached hydrogen (secondary N) is 3. The Morgan fingerprint density at radius 2 is 1.83 bits per heavy atom. The summed E-state index contributed by atoms with van der Waals surface area (Å²) < 4.78 is 6.02. The maximum atomic E-state index is 12.6. The second kappa shape index (κ2) is 13.9. The Balaban J connectivity index is 1.65. The number of benzene rings is 1. The Labute approximate surface area is 214 Å². The summed E-state index contributed by atoms with van der Waals surface area (Å²) in [6, 6.07) is 7.13. The van der Waals surface area contributed by atoms with E-state index in [0.717, 1.165) is 30.9 Å².